The minimum atomic E-state index is 0.394. The van der Waals surface area contributed by atoms with Gasteiger partial charge in [0.15, 0.2) is 0 Å². The second-order valence-electron chi connectivity index (χ2n) is 3.58. The monoisotopic (exact) mass is 221 g/mol. The van der Waals surface area contributed by atoms with E-state index in [0.29, 0.717) is 5.88 Å². The molecule has 0 aliphatic carbocycles. The summed E-state index contributed by atoms with van der Waals surface area (Å²) in [5, 5.41) is 7.99. The van der Waals surface area contributed by atoms with Crippen LogP contribution in [-0.4, -0.2) is 15.0 Å². The summed E-state index contributed by atoms with van der Waals surface area (Å²) in [6.45, 7) is 4.13. The van der Waals surface area contributed by atoms with Gasteiger partial charge in [-0.2, -0.15) is 0 Å². The zero-order valence-corrected chi connectivity index (χ0v) is 9.49. The first-order valence-corrected chi connectivity index (χ1v) is 5.29. The maximum absolute atomic E-state index is 5.68. The lowest BCUT2D eigenvalue weighted by molar-refractivity contribution is 0.795. The van der Waals surface area contributed by atoms with Gasteiger partial charge < -0.3 is 0 Å². The fraction of sp³-hybridized carbons (Fsp3) is 0.273. The van der Waals surface area contributed by atoms with Crippen molar-refractivity contribution in [2.24, 2.45) is 0 Å². The Morgan fingerprint density at radius 3 is 2.73 bits per heavy atom. The number of nitrogens with zero attached hydrogens (tertiary/aromatic N) is 3. The minimum Gasteiger partial charge on any atom is -0.220 e. The number of hydrogen-bond donors (Lipinski definition) is 0. The maximum Gasteiger partial charge on any atom is 0.0979 e. The SMILES string of the molecule is Cc1ccc(-n2cc(CCl)nn2)c(C)c1. The molecule has 0 saturated heterocycles. The Hall–Kier alpha value is -1.35. The van der Waals surface area contributed by atoms with Gasteiger partial charge in [-0.15, -0.1) is 16.7 Å². The molecule has 0 spiro atoms. The van der Waals surface area contributed by atoms with Crippen molar-refractivity contribution in [1.29, 1.82) is 0 Å². The molecule has 15 heavy (non-hydrogen) atoms. The van der Waals surface area contributed by atoms with Crippen LogP contribution in [0.25, 0.3) is 5.69 Å². The van der Waals surface area contributed by atoms with Gasteiger partial charge in [-0.1, -0.05) is 22.9 Å². The van der Waals surface area contributed by atoms with Gasteiger partial charge in [0, 0.05) is 0 Å². The number of hydrogen-bond acceptors (Lipinski definition) is 2. The molecule has 2 aromatic rings. The zero-order chi connectivity index (χ0) is 10.8. The van der Waals surface area contributed by atoms with E-state index in [-0.39, 0.29) is 0 Å². The first kappa shape index (κ1) is 10.2. The Labute approximate surface area is 93.7 Å². The molecule has 2 rings (SSSR count). The van der Waals surface area contributed by atoms with E-state index in [4.69, 9.17) is 11.6 Å². The van der Waals surface area contributed by atoms with E-state index >= 15 is 0 Å². The highest BCUT2D eigenvalue weighted by atomic mass is 35.5. The molecule has 0 bridgehead atoms. The van der Waals surface area contributed by atoms with Crippen LogP contribution in [0.15, 0.2) is 24.4 Å². The van der Waals surface area contributed by atoms with Crippen LogP contribution in [-0.2, 0) is 5.88 Å². The van der Waals surface area contributed by atoms with E-state index < -0.39 is 0 Å². The van der Waals surface area contributed by atoms with Crippen LogP contribution in [0.5, 0.6) is 0 Å². The lowest BCUT2D eigenvalue weighted by Crippen LogP contribution is -1.97. The van der Waals surface area contributed by atoms with E-state index in [1.807, 2.05) is 12.3 Å². The first-order valence-electron chi connectivity index (χ1n) is 4.75. The smallest absolute Gasteiger partial charge is 0.0979 e. The summed E-state index contributed by atoms with van der Waals surface area (Å²) in [5.74, 6) is 0.394. The largest absolute Gasteiger partial charge is 0.220 e. The quantitative estimate of drug-likeness (QED) is 0.730. The van der Waals surface area contributed by atoms with Crippen LogP contribution in [0.1, 0.15) is 16.8 Å². The van der Waals surface area contributed by atoms with Crippen LogP contribution in [0.3, 0.4) is 0 Å². The van der Waals surface area contributed by atoms with Crippen molar-refractivity contribution in [3.8, 4) is 5.69 Å². The predicted molar refractivity (Wildman–Crippen MR) is 60.4 cm³/mol. The van der Waals surface area contributed by atoms with Crippen LogP contribution in [0.4, 0.5) is 0 Å². The number of aromatic nitrogens is 3. The lowest BCUT2D eigenvalue weighted by atomic mass is 10.1. The standard InChI is InChI=1S/C11H12ClN3/c1-8-3-4-11(9(2)5-8)15-7-10(6-12)13-14-15/h3-5,7H,6H2,1-2H3. The van der Waals surface area contributed by atoms with Crippen molar-refractivity contribution in [3.05, 3.63) is 41.2 Å². The molecule has 1 heterocycles. The Bertz CT molecular complexity index is 476. The van der Waals surface area contributed by atoms with E-state index in [1.54, 1.807) is 4.68 Å². The van der Waals surface area contributed by atoms with Gasteiger partial charge in [-0.3, -0.25) is 0 Å². The van der Waals surface area contributed by atoms with E-state index in [0.717, 1.165) is 11.4 Å². The lowest BCUT2D eigenvalue weighted by Gasteiger charge is -2.05. The van der Waals surface area contributed by atoms with Gasteiger partial charge in [0.1, 0.15) is 0 Å². The van der Waals surface area contributed by atoms with E-state index in [9.17, 15) is 0 Å². The average Bonchev–Trinajstić information content (AvgIpc) is 2.66. The average molecular weight is 222 g/mol. The Kier molecular flexibility index (Phi) is 2.73. The number of halogens is 1. The molecule has 4 heteroatoms. The fourth-order valence-electron chi connectivity index (χ4n) is 1.54. The van der Waals surface area contributed by atoms with Crippen molar-refractivity contribution in [3.63, 3.8) is 0 Å². The fourth-order valence-corrected chi connectivity index (χ4v) is 1.66. The Balaban J connectivity index is 2.44. The van der Waals surface area contributed by atoms with Gasteiger partial charge in [0.2, 0.25) is 0 Å². The molecule has 0 saturated carbocycles. The highest BCUT2D eigenvalue weighted by Gasteiger charge is 2.04. The van der Waals surface area contributed by atoms with Crippen molar-refractivity contribution < 1.29 is 0 Å². The second kappa shape index (κ2) is 4.03. The number of rotatable bonds is 2. The molecule has 78 valence electrons. The summed E-state index contributed by atoms with van der Waals surface area (Å²) < 4.78 is 1.76. The first-order chi connectivity index (χ1) is 7.20. The van der Waals surface area contributed by atoms with E-state index in [1.165, 1.54) is 11.1 Å². The molecule has 0 atom stereocenters. The molecule has 0 aliphatic heterocycles. The molecular formula is C11H12ClN3. The minimum absolute atomic E-state index is 0.394. The third kappa shape index (κ3) is 2.02. The summed E-state index contributed by atoms with van der Waals surface area (Å²) in [6, 6.07) is 6.22. The maximum atomic E-state index is 5.68. The summed E-state index contributed by atoms with van der Waals surface area (Å²) >= 11 is 5.68. The molecule has 1 aromatic heterocycles. The molecule has 3 nitrogen and oxygen atoms in total. The molecule has 0 amide bonds. The molecule has 0 N–H and O–H groups in total. The van der Waals surface area contributed by atoms with Gasteiger partial charge in [-0.25, -0.2) is 4.68 Å². The summed E-state index contributed by atoms with van der Waals surface area (Å²) in [4.78, 5) is 0. The van der Waals surface area contributed by atoms with Crippen molar-refractivity contribution >= 4 is 11.6 Å². The Morgan fingerprint density at radius 1 is 1.33 bits per heavy atom. The predicted octanol–water partition coefficient (Wildman–Crippen LogP) is 2.62. The molecule has 0 radical (unpaired) electrons. The second-order valence-corrected chi connectivity index (χ2v) is 3.85. The highest BCUT2D eigenvalue weighted by Crippen LogP contribution is 2.14. The van der Waals surface area contributed by atoms with Gasteiger partial charge in [0.25, 0.3) is 0 Å². The number of aryl methyl sites for hydroxylation is 2. The number of benzene rings is 1. The normalized spacial score (nSPS) is 10.6. The summed E-state index contributed by atoms with van der Waals surface area (Å²) in [6.07, 6.45) is 1.85. The Morgan fingerprint density at radius 2 is 2.13 bits per heavy atom. The van der Waals surface area contributed by atoms with E-state index in [2.05, 4.69) is 36.3 Å². The summed E-state index contributed by atoms with van der Waals surface area (Å²) in [7, 11) is 0. The molecule has 0 fully saturated rings. The molecule has 0 aliphatic rings. The molecule has 1 aromatic carbocycles. The third-order valence-electron chi connectivity index (χ3n) is 2.28. The van der Waals surface area contributed by atoms with Crippen molar-refractivity contribution in [1.82, 2.24) is 15.0 Å². The van der Waals surface area contributed by atoms with Crippen LogP contribution >= 0.6 is 11.6 Å². The van der Waals surface area contributed by atoms with Crippen LogP contribution in [0.2, 0.25) is 0 Å². The van der Waals surface area contributed by atoms with Crippen molar-refractivity contribution in [2.75, 3.05) is 0 Å². The topological polar surface area (TPSA) is 30.7 Å². The zero-order valence-electron chi connectivity index (χ0n) is 8.74. The number of alkyl halides is 1. The highest BCUT2D eigenvalue weighted by molar-refractivity contribution is 6.16. The van der Waals surface area contributed by atoms with Gasteiger partial charge >= 0.3 is 0 Å². The van der Waals surface area contributed by atoms with Gasteiger partial charge in [0.05, 0.1) is 23.5 Å². The molecule has 0 unspecified atom stereocenters. The third-order valence-corrected chi connectivity index (χ3v) is 2.55. The van der Waals surface area contributed by atoms with Crippen molar-refractivity contribution in [2.45, 2.75) is 19.7 Å². The molecular weight excluding hydrogens is 210 g/mol. The van der Waals surface area contributed by atoms with Crippen LogP contribution < -0.4 is 0 Å². The van der Waals surface area contributed by atoms with Gasteiger partial charge in [-0.05, 0) is 25.5 Å². The van der Waals surface area contributed by atoms with Crippen LogP contribution in [0, 0.1) is 13.8 Å². The summed E-state index contributed by atoms with van der Waals surface area (Å²) in [5.41, 5.74) is 4.26.